The summed E-state index contributed by atoms with van der Waals surface area (Å²) in [5.74, 6) is 1.62. The van der Waals surface area contributed by atoms with E-state index in [1.807, 2.05) is 13.8 Å². The molecule has 17 heavy (non-hydrogen) atoms. The molecule has 0 bridgehead atoms. The largest absolute Gasteiger partial charge is 0.365 e. The summed E-state index contributed by atoms with van der Waals surface area (Å²) in [6.45, 7) is 10.4. The standard InChI is InChI=1S/C13H23N3O/c1-6-13(5,7-2)16-10-8-11(17)15-12(14-10)9(3)4/h8-9H,6-7H2,1-5H3,(H2,14,15,16,17). The van der Waals surface area contributed by atoms with E-state index in [-0.39, 0.29) is 17.0 Å². The number of H-pyrrole nitrogens is 1. The van der Waals surface area contributed by atoms with Crippen molar-refractivity contribution in [3.63, 3.8) is 0 Å². The minimum Gasteiger partial charge on any atom is -0.365 e. The molecule has 0 aromatic carbocycles. The van der Waals surface area contributed by atoms with Crippen LogP contribution in [-0.2, 0) is 0 Å². The Morgan fingerprint density at radius 1 is 1.41 bits per heavy atom. The molecular formula is C13H23N3O. The number of hydrogen-bond donors (Lipinski definition) is 2. The zero-order valence-corrected chi connectivity index (χ0v) is 11.4. The van der Waals surface area contributed by atoms with Crippen LogP contribution in [0.1, 0.15) is 59.2 Å². The Labute approximate surface area is 103 Å². The molecule has 2 N–H and O–H groups in total. The van der Waals surface area contributed by atoms with Crippen molar-refractivity contribution >= 4 is 5.82 Å². The highest BCUT2D eigenvalue weighted by Gasteiger charge is 2.20. The van der Waals surface area contributed by atoms with Gasteiger partial charge in [0.15, 0.2) is 0 Å². The van der Waals surface area contributed by atoms with E-state index in [2.05, 4.69) is 36.1 Å². The summed E-state index contributed by atoms with van der Waals surface area (Å²) in [5, 5.41) is 3.36. The topological polar surface area (TPSA) is 57.8 Å². The van der Waals surface area contributed by atoms with E-state index in [4.69, 9.17) is 0 Å². The predicted octanol–water partition coefficient (Wildman–Crippen LogP) is 2.88. The fourth-order valence-electron chi connectivity index (χ4n) is 1.55. The number of aromatic amines is 1. The van der Waals surface area contributed by atoms with Gasteiger partial charge in [-0.2, -0.15) is 0 Å². The number of rotatable bonds is 5. The lowest BCUT2D eigenvalue weighted by atomic mass is 9.96. The maximum atomic E-state index is 11.5. The molecule has 1 aromatic heterocycles. The van der Waals surface area contributed by atoms with E-state index in [0.29, 0.717) is 5.82 Å². The number of hydrogen-bond acceptors (Lipinski definition) is 3. The van der Waals surface area contributed by atoms with Crippen LogP contribution in [0.25, 0.3) is 0 Å². The van der Waals surface area contributed by atoms with Crippen molar-refractivity contribution in [1.29, 1.82) is 0 Å². The van der Waals surface area contributed by atoms with Gasteiger partial charge < -0.3 is 10.3 Å². The van der Waals surface area contributed by atoms with Crippen molar-refractivity contribution < 1.29 is 0 Å². The molecule has 0 radical (unpaired) electrons. The van der Waals surface area contributed by atoms with Gasteiger partial charge in [-0.15, -0.1) is 0 Å². The first-order chi connectivity index (χ1) is 7.90. The van der Waals surface area contributed by atoms with Crippen molar-refractivity contribution in [2.75, 3.05) is 5.32 Å². The van der Waals surface area contributed by atoms with E-state index in [1.54, 1.807) is 0 Å². The monoisotopic (exact) mass is 237 g/mol. The molecule has 0 spiro atoms. The zero-order valence-electron chi connectivity index (χ0n) is 11.4. The minimum atomic E-state index is -0.0965. The second-order valence-electron chi connectivity index (χ2n) is 5.06. The third kappa shape index (κ3) is 3.58. The van der Waals surface area contributed by atoms with Crippen LogP contribution < -0.4 is 10.9 Å². The molecule has 4 nitrogen and oxygen atoms in total. The average molecular weight is 237 g/mol. The summed E-state index contributed by atoms with van der Waals surface area (Å²) in [4.78, 5) is 18.8. The number of anilines is 1. The molecule has 0 unspecified atom stereocenters. The van der Waals surface area contributed by atoms with E-state index in [1.165, 1.54) is 6.07 Å². The highest BCUT2D eigenvalue weighted by molar-refractivity contribution is 5.36. The van der Waals surface area contributed by atoms with E-state index in [9.17, 15) is 4.79 Å². The molecular weight excluding hydrogens is 214 g/mol. The summed E-state index contributed by atoms with van der Waals surface area (Å²) in [7, 11) is 0. The molecule has 4 heteroatoms. The normalized spacial score (nSPS) is 11.9. The van der Waals surface area contributed by atoms with Gasteiger partial charge in [-0.1, -0.05) is 27.7 Å². The van der Waals surface area contributed by atoms with Crippen LogP contribution >= 0.6 is 0 Å². The lowest BCUT2D eigenvalue weighted by Gasteiger charge is -2.29. The molecule has 0 aliphatic rings. The quantitative estimate of drug-likeness (QED) is 0.828. The van der Waals surface area contributed by atoms with Crippen LogP contribution in [0.2, 0.25) is 0 Å². The molecule has 0 saturated heterocycles. The maximum absolute atomic E-state index is 11.5. The molecule has 0 aliphatic carbocycles. The molecule has 0 fully saturated rings. The van der Waals surface area contributed by atoms with Crippen LogP contribution in [0, 0.1) is 0 Å². The zero-order chi connectivity index (χ0) is 13.1. The summed E-state index contributed by atoms with van der Waals surface area (Å²) in [6.07, 6.45) is 1.99. The number of nitrogens with zero attached hydrogens (tertiary/aromatic N) is 1. The van der Waals surface area contributed by atoms with Gasteiger partial charge in [-0.05, 0) is 19.8 Å². The van der Waals surface area contributed by atoms with Gasteiger partial charge >= 0.3 is 0 Å². The Balaban J connectivity index is 3.03. The van der Waals surface area contributed by atoms with E-state index < -0.39 is 0 Å². The van der Waals surface area contributed by atoms with Gasteiger partial charge in [0.25, 0.3) is 5.56 Å². The van der Waals surface area contributed by atoms with Crippen LogP contribution in [0.3, 0.4) is 0 Å². The fraction of sp³-hybridized carbons (Fsp3) is 0.692. The third-order valence-corrected chi connectivity index (χ3v) is 3.30. The molecule has 0 saturated carbocycles. The highest BCUT2D eigenvalue weighted by Crippen LogP contribution is 2.20. The highest BCUT2D eigenvalue weighted by atomic mass is 16.1. The summed E-state index contributed by atoms with van der Waals surface area (Å²) in [6, 6.07) is 1.52. The Morgan fingerprint density at radius 2 is 2.00 bits per heavy atom. The van der Waals surface area contributed by atoms with Crippen molar-refractivity contribution in [1.82, 2.24) is 9.97 Å². The predicted molar refractivity (Wildman–Crippen MR) is 71.6 cm³/mol. The molecule has 1 heterocycles. The molecule has 96 valence electrons. The average Bonchev–Trinajstić information content (AvgIpc) is 2.28. The smallest absolute Gasteiger partial charge is 0.252 e. The van der Waals surface area contributed by atoms with Gasteiger partial charge in [-0.3, -0.25) is 4.79 Å². The molecule has 0 atom stereocenters. The van der Waals surface area contributed by atoms with Crippen molar-refractivity contribution in [2.45, 2.75) is 58.9 Å². The van der Waals surface area contributed by atoms with E-state index >= 15 is 0 Å². The van der Waals surface area contributed by atoms with Crippen molar-refractivity contribution in [3.8, 4) is 0 Å². The van der Waals surface area contributed by atoms with Crippen LogP contribution in [0.15, 0.2) is 10.9 Å². The van der Waals surface area contributed by atoms with Gasteiger partial charge in [0.2, 0.25) is 0 Å². The SMILES string of the molecule is CCC(C)(CC)Nc1cc(=O)[nH]c(C(C)C)n1. The third-order valence-electron chi connectivity index (χ3n) is 3.30. The second-order valence-corrected chi connectivity index (χ2v) is 5.06. The van der Waals surface area contributed by atoms with Gasteiger partial charge in [-0.25, -0.2) is 4.98 Å². The van der Waals surface area contributed by atoms with E-state index in [0.717, 1.165) is 18.7 Å². The van der Waals surface area contributed by atoms with Crippen LogP contribution in [-0.4, -0.2) is 15.5 Å². The molecule has 1 rings (SSSR count). The van der Waals surface area contributed by atoms with Crippen molar-refractivity contribution in [3.05, 3.63) is 22.2 Å². The molecule has 0 amide bonds. The first-order valence-electron chi connectivity index (χ1n) is 6.29. The summed E-state index contributed by atoms with van der Waals surface area (Å²) in [5.41, 5.74) is -0.101. The lowest BCUT2D eigenvalue weighted by Crippen LogP contribution is -2.34. The van der Waals surface area contributed by atoms with Gasteiger partial charge in [0.1, 0.15) is 11.6 Å². The summed E-state index contributed by atoms with van der Waals surface area (Å²) >= 11 is 0. The Hall–Kier alpha value is -1.32. The van der Waals surface area contributed by atoms with Crippen LogP contribution in [0.5, 0.6) is 0 Å². The maximum Gasteiger partial charge on any atom is 0.252 e. The van der Waals surface area contributed by atoms with Crippen LogP contribution in [0.4, 0.5) is 5.82 Å². The Morgan fingerprint density at radius 3 is 2.47 bits per heavy atom. The number of aromatic nitrogens is 2. The molecule has 0 aliphatic heterocycles. The van der Waals surface area contributed by atoms with Gasteiger partial charge in [0.05, 0.1) is 0 Å². The Bertz CT molecular complexity index is 419. The fourth-order valence-corrected chi connectivity index (χ4v) is 1.55. The first kappa shape index (κ1) is 13.7. The van der Waals surface area contributed by atoms with Crippen molar-refractivity contribution in [2.24, 2.45) is 0 Å². The molecule has 1 aromatic rings. The number of nitrogens with one attached hydrogen (secondary N) is 2. The lowest BCUT2D eigenvalue weighted by molar-refractivity contribution is 0.476. The summed E-state index contributed by atoms with van der Waals surface area (Å²) < 4.78 is 0. The first-order valence-corrected chi connectivity index (χ1v) is 6.29. The second kappa shape index (κ2) is 5.34. The Kier molecular flexibility index (Phi) is 4.32. The van der Waals surface area contributed by atoms with Gasteiger partial charge in [0, 0.05) is 17.5 Å². The minimum absolute atomic E-state index is 0.00492.